The Hall–Kier alpha value is -2.09. The van der Waals surface area contributed by atoms with Crippen molar-refractivity contribution in [1.82, 2.24) is 5.32 Å². The van der Waals surface area contributed by atoms with Gasteiger partial charge in [0.1, 0.15) is 0 Å². The highest BCUT2D eigenvalue weighted by Crippen LogP contribution is 2.15. The van der Waals surface area contributed by atoms with E-state index in [1.54, 1.807) is 12.1 Å². The number of para-hydroxylation sites is 1. The van der Waals surface area contributed by atoms with Gasteiger partial charge in [-0.2, -0.15) is 0 Å². The fourth-order valence-corrected chi connectivity index (χ4v) is 1.93. The van der Waals surface area contributed by atoms with Crippen molar-refractivity contribution >= 4 is 27.6 Å². The Morgan fingerprint density at radius 1 is 1.26 bits per heavy atom. The molecule has 104 valence electrons. The molecule has 0 aliphatic rings. The lowest BCUT2D eigenvalue weighted by molar-refractivity contribution is -0.136. The maximum atomic E-state index is 11.8. The van der Waals surface area contributed by atoms with E-state index in [9.17, 15) is 18.0 Å². The van der Waals surface area contributed by atoms with E-state index in [2.05, 4.69) is 10.0 Å². The average Bonchev–Trinajstić information content (AvgIpc) is 2.26. The fourth-order valence-electron chi connectivity index (χ4n) is 1.35. The summed E-state index contributed by atoms with van der Waals surface area (Å²) in [6, 6.07) is 6.07. The molecule has 0 aromatic heterocycles. The molecular formula is C11H14N2O5S. The number of rotatable bonds is 6. The van der Waals surface area contributed by atoms with Crippen LogP contribution in [0.3, 0.4) is 0 Å². The van der Waals surface area contributed by atoms with Crippen molar-refractivity contribution in [3.8, 4) is 0 Å². The van der Waals surface area contributed by atoms with Gasteiger partial charge >= 0.3 is 5.97 Å². The van der Waals surface area contributed by atoms with Crippen LogP contribution in [0, 0.1) is 0 Å². The van der Waals surface area contributed by atoms with Crippen LogP contribution in [0.1, 0.15) is 16.8 Å². The van der Waals surface area contributed by atoms with Crippen LogP contribution in [-0.4, -0.2) is 38.2 Å². The van der Waals surface area contributed by atoms with Gasteiger partial charge in [0, 0.05) is 6.54 Å². The highest BCUT2D eigenvalue weighted by atomic mass is 32.2. The molecule has 0 bridgehead atoms. The number of carbonyl (C=O) groups is 2. The second-order valence-electron chi connectivity index (χ2n) is 3.82. The van der Waals surface area contributed by atoms with Crippen molar-refractivity contribution in [3.05, 3.63) is 29.8 Å². The normalized spacial score (nSPS) is 10.8. The van der Waals surface area contributed by atoms with E-state index in [-0.39, 0.29) is 24.2 Å². The highest BCUT2D eigenvalue weighted by molar-refractivity contribution is 7.92. The van der Waals surface area contributed by atoms with E-state index in [1.165, 1.54) is 12.1 Å². The van der Waals surface area contributed by atoms with Crippen LogP contribution in [0.2, 0.25) is 0 Å². The number of nitrogens with one attached hydrogen (secondary N) is 2. The molecule has 1 aromatic rings. The van der Waals surface area contributed by atoms with Crippen molar-refractivity contribution < 1.29 is 23.1 Å². The molecule has 1 rings (SSSR count). The first-order valence-corrected chi connectivity index (χ1v) is 7.25. The van der Waals surface area contributed by atoms with Crippen LogP contribution in [-0.2, 0) is 14.8 Å². The van der Waals surface area contributed by atoms with E-state index in [1.807, 2.05) is 0 Å². The van der Waals surface area contributed by atoms with Crippen molar-refractivity contribution in [3.63, 3.8) is 0 Å². The molecule has 1 amide bonds. The largest absolute Gasteiger partial charge is 0.481 e. The van der Waals surface area contributed by atoms with Crippen LogP contribution in [0.5, 0.6) is 0 Å². The molecule has 19 heavy (non-hydrogen) atoms. The van der Waals surface area contributed by atoms with Gasteiger partial charge in [0.05, 0.1) is 23.9 Å². The topological polar surface area (TPSA) is 113 Å². The molecule has 0 aliphatic heterocycles. The fraction of sp³-hybridized carbons (Fsp3) is 0.273. The number of carbonyl (C=O) groups excluding carboxylic acids is 1. The molecule has 0 fully saturated rings. The summed E-state index contributed by atoms with van der Waals surface area (Å²) in [5.41, 5.74) is 0.288. The Morgan fingerprint density at radius 2 is 1.89 bits per heavy atom. The molecule has 8 heteroatoms. The third-order valence-corrected chi connectivity index (χ3v) is 2.68. The molecule has 0 unspecified atom stereocenters. The number of anilines is 1. The molecule has 0 saturated carbocycles. The molecule has 0 atom stereocenters. The smallest absolute Gasteiger partial charge is 0.305 e. The Morgan fingerprint density at radius 3 is 2.47 bits per heavy atom. The average molecular weight is 286 g/mol. The zero-order valence-electron chi connectivity index (χ0n) is 10.2. The summed E-state index contributed by atoms with van der Waals surface area (Å²) < 4.78 is 24.5. The second-order valence-corrected chi connectivity index (χ2v) is 5.57. The highest BCUT2D eigenvalue weighted by Gasteiger charge is 2.13. The van der Waals surface area contributed by atoms with Crippen LogP contribution in [0.4, 0.5) is 5.69 Å². The van der Waals surface area contributed by atoms with Crippen LogP contribution in [0.25, 0.3) is 0 Å². The molecule has 0 aliphatic carbocycles. The predicted octanol–water partition coefficient (Wildman–Crippen LogP) is 0.263. The van der Waals surface area contributed by atoms with E-state index < -0.39 is 21.9 Å². The van der Waals surface area contributed by atoms with Gasteiger partial charge in [0.2, 0.25) is 10.0 Å². The molecule has 0 radical (unpaired) electrons. The Kier molecular flexibility index (Phi) is 4.87. The number of benzene rings is 1. The Balaban J connectivity index is 2.82. The minimum absolute atomic E-state index is 0.0264. The van der Waals surface area contributed by atoms with Crippen molar-refractivity contribution in [2.45, 2.75) is 6.42 Å². The SMILES string of the molecule is CS(=O)(=O)Nc1ccccc1C(=O)NCCC(=O)O. The Bertz CT molecular complexity index is 583. The lowest BCUT2D eigenvalue weighted by Crippen LogP contribution is -2.27. The summed E-state index contributed by atoms with van der Waals surface area (Å²) in [4.78, 5) is 22.1. The van der Waals surface area contributed by atoms with Gasteiger partial charge in [-0.1, -0.05) is 12.1 Å². The zero-order valence-corrected chi connectivity index (χ0v) is 11.0. The number of hydrogen-bond acceptors (Lipinski definition) is 4. The van der Waals surface area contributed by atoms with Crippen molar-refractivity contribution in [2.24, 2.45) is 0 Å². The molecule has 0 saturated heterocycles. The first-order valence-electron chi connectivity index (χ1n) is 5.36. The number of carboxylic acid groups (broad SMARTS) is 1. The summed E-state index contributed by atoms with van der Waals surface area (Å²) in [6.07, 6.45) is 0.777. The number of carboxylic acids is 1. The van der Waals surface area contributed by atoms with E-state index in [4.69, 9.17) is 5.11 Å². The summed E-state index contributed by atoms with van der Waals surface area (Å²) in [5.74, 6) is -1.56. The van der Waals surface area contributed by atoms with Gasteiger partial charge in [-0.05, 0) is 12.1 Å². The molecule has 0 heterocycles. The number of aliphatic carboxylic acids is 1. The standard InChI is InChI=1S/C11H14N2O5S/c1-19(17,18)13-9-5-3-2-4-8(9)11(16)12-7-6-10(14)15/h2-5,13H,6-7H2,1H3,(H,12,16)(H,14,15). The van der Waals surface area contributed by atoms with E-state index in [0.29, 0.717) is 0 Å². The van der Waals surface area contributed by atoms with Crippen LogP contribution < -0.4 is 10.0 Å². The monoisotopic (exact) mass is 286 g/mol. The number of hydrogen-bond donors (Lipinski definition) is 3. The minimum atomic E-state index is -3.49. The first-order chi connectivity index (χ1) is 8.79. The quantitative estimate of drug-likeness (QED) is 0.694. The third-order valence-electron chi connectivity index (χ3n) is 2.09. The third kappa shape index (κ3) is 5.38. The van der Waals surface area contributed by atoms with Crippen LogP contribution >= 0.6 is 0 Å². The predicted molar refractivity (Wildman–Crippen MR) is 69.5 cm³/mol. The zero-order chi connectivity index (χ0) is 14.5. The maximum absolute atomic E-state index is 11.8. The van der Waals surface area contributed by atoms with Gasteiger partial charge in [-0.25, -0.2) is 8.42 Å². The molecule has 7 nitrogen and oxygen atoms in total. The summed E-state index contributed by atoms with van der Waals surface area (Å²) in [6.45, 7) is -0.0264. The van der Waals surface area contributed by atoms with Crippen LogP contribution in [0.15, 0.2) is 24.3 Å². The summed E-state index contributed by atoms with van der Waals surface area (Å²) in [7, 11) is -3.49. The molecular weight excluding hydrogens is 272 g/mol. The molecule has 0 spiro atoms. The lowest BCUT2D eigenvalue weighted by Gasteiger charge is -2.10. The van der Waals surface area contributed by atoms with Crippen molar-refractivity contribution in [2.75, 3.05) is 17.5 Å². The Labute approximate surface area is 110 Å². The number of amides is 1. The van der Waals surface area contributed by atoms with Gasteiger partial charge in [-0.3, -0.25) is 14.3 Å². The second kappa shape index (κ2) is 6.19. The van der Waals surface area contributed by atoms with Gasteiger partial charge in [0.25, 0.3) is 5.91 Å². The molecule has 3 N–H and O–H groups in total. The van der Waals surface area contributed by atoms with Gasteiger partial charge < -0.3 is 10.4 Å². The molecule has 1 aromatic carbocycles. The lowest BCUT2D eigenvalue weighted by atomic mass is 10.1. The van der Waals surface area contributed by atoms with E-state index in [0.717, 1.165) is 6.26 Å². The summed E-state index contributed by atoms with van der Waals surface area (Å²) in [5, 5.41) is 10.9. The minimum Gasteiger partial charge on any atom is -0.481 e. The number of sulfonamides is 1. The van der Waals surface area contributed by atoms with Gasteiger partial charge in [-0.15, -0.1) is 0 Å². The first kappa shape index (κ1) is 15.0. The summed E-state index contributed by atoms with van der Waals surface area (Å²) >= 11 is 0. The van der Waals surface area contributed by atoms with Gasteiger partial charge in [0.15, 0.2) is 0 Å². The van der Waals surface area contributed by atoms with Crippen molar-refractivity contribution in [1.29, 1.82) is 0 Å². The maximum Gasteiger partial charge on any atom is 0.305 e. The van der Waals surface area contributed by atoms with E-state index >= 15 is 0 Å².